The molecule has 8 heteroatoms. The number of hydrogen-bond acceptors (Lipinski definition) is 5. The van der Waals surface area contributed by atoms with E-state index in [-0.39, 0.29) is 28.2 Å². The fourth-order valence-electron chi connectivity index (χ4n) is 3.49. The average molecular weight is 437 g/mol. The monoisotopic (exact) mass is 436 g/mol. The van der Waals surface area contributed by atoms with Crippen molar-refractivity contribution in [2.45, 2.75) is 38.7 Å². The number of hydrogen-bond donors (Lipinski definition) is 0. The van der Waals surface area contributed by atoms with Gasteiger partial charge in [-0.1, -0.05) is 32.0 Å². The summed E-state index contributed by atoms with van der Waals surface area (Å²) in [6.07, 6.45) is 0.930. The second-order valence-corrected chi connectivity index (χ2v) is 7.37. The van der Waals surface area contributed by atoms with Crippen LogP contribution in [0.4, 0.5) is 0 Å². The predicted octanol–water partition coefficient (Wildman–Crippen LogP) is 2.42. The highest BCUT2D eigenvalue weighted by Gasteiger charge is 2.43. The molecule has 4 atom stereocenters. The number of carbonyl (C=O) groups excluding carboxylic acids is 1. The first-order valence-electron chi connectivity index (χ1n) is 8.72. The van der Waals surface area contributed by atoms with Crippen molar-refractivity contribution in [1.29, 1.82) is 0 Å². The lowest BCUT2D eigenvalue weighted by molar-refractivity contribution is -0.0535. The fourth-order valence-corrected chi connectivity index (χ4v) is 3.89. The van der Waals surface area contributed by atoms with Gasteiger partial charge in [-0.15, -0.1) is 0 Å². The zero-order chi connectivity index (χ0) is 19.7. The van der Waals surface area contributed by atoms with Crippen LogP contribution >= 0.6 is 15.9 Å². The Morgan fingerprint density at radius 3 is 2.52 bits per heavy atom. The molecular weight excluding hydrogens is 416 g/mol. The van der Waals surface area contributed by atoms with Crippen LogP contribution < -0.4 is 11.2 Å². The Morgan fingerprint density at radius 1 is 1.26 bits per heavy atom. The number of aromatic nitrogens is 2. The number of ether oxygens (including phenoxy) is 2. The molecule has 1 aromatic heterocycles. The van der Waals surface area contributed by atoms with E-state index in [0.29, 0.717) is 4.57 Å². The van der Waals surface area contributed by atoms with Gasteiger partial charge in [0.2, 0.25) is 0 Å². The Balaban J connectivity index is 2.14. The Hall–Kier alpha value is -2.03. The summed E-state index contributed by atoms with van der Waals surface area (Å²) in [4.78, 5) is 38.4. The molecule has 0 amide bonds. The second kappa shape index (κ2) is 7.92. The van der Waals surface area contributed by atoms with E-state index in [0.717, 1.165) is 6.42 Å². The Kier molecular flexibility index (Phi) is 5.78. The number of carbonyl (C=O) groups is 1. The van der Waals surface area contributed by atoms with Crippen molar-refractivity contribution in [3.63, 3.8) is 0 Å². The SMILES string of the molecule is CC[C@H]1O[C@@H](n2cc(Br)c(=O)n(C(=O)c3ccccc3)c2=O)C(OC)[C@H]1C. The van der Waals surface area contributed by atoms with Crippen LogP contribution in [0.5, 0.6) is 0 Å². The van der Waals surface area contributed by atoms with Crippen LogP contribution in [0.1, 0.15) is 36.9 Å². The second-order valence-electron chi connectivity index (χ2n) is 6.51. The lowest BCUT2D eigenvalue weighted by Gasteiger charge is -2.22. The first-order valence-corrected chi connectivity index (χ1v) is 9.51. The van der Waals surface area contributed by atoms with E-state index in [1.165, 1.54) is 10.8 Å². The minimum Gasteiger partial charge on any atom is -0.376 e. The molecule has 0 aliphatic carbocycles. The highest BCUT2D eigenvalue weighted by molar-refractivity contribution is 9.10. The van der Waals surface area contributed by atoms with Crippen molar-refractivity contribution in [2.24, 2.45) is 5.92 Å². The molecule has 144 valence electrons. The number of rotatable bonds is 4. The molecule has 7 nitrogen and oxygen atoms in total. The Bertz CT molecular complexity index is 953. The van der Waals surface area contributed by atoms with Crippen molar-refractivity contribution in [2.75, 3.05) is 7.11 Å². The van der Waals surface area contributed by atoms with Crippen molar-refractivity contribution in [1.82, 2.24) is 9.13 Å². The molecule has 0 spiro atoms. The minimum atomic E-state index is -0.756. The zero-order valence-electron chi connectivity index (χ0n) is 15.3. The predicted molar refractivity (Wildman–Crippen MR) is 103 cm³/mol. The van der Waals surface area contributed by atoms with Crippen molar-refractivity contribution < 1.29 is 14.3 Å². The van der Waals surface area contributed by atoms with E-state index in [1.54, 1.807) is 37.4 Å². The molecule has 27 heavy (non-hydrogen) atoms. The van der Waals surface area contributed by atoms with E-state index < -0.39 is 23.4 Å². The van der Waals surface area contributed by atoms with E-state index in [9.17, 15) is 14.4 Å². The highest BCUT2D eigenvalue weighted by atomic mass is 79.9. The quantitative estimate of drug-likeness (QED) is 0.734. The molecule has 0 N–H and O–H groups in total. The van der Waals surface area contributed by atoms with Crippen LogP contribution in [0.25, 0.3) is 0 Å². The van der Waals surface area contributed by atoms with Gasteiger partial charge in [0, 0.05) is 24.8 Å². The number of methoxy groups -OCH3 is 1. The summed E-state index contributed by atoms with van der Waals surface area (Å²) in [5.74, 6) is -0.631. The van der Waals surface area contributed by atoms with Gasteiger partial charge in [0.1, 0.15) is 6.10 Å². The smallest absolute Gasteiger partial charge is 0.340 e. The van der Waals surface area contributed by atoms with E-state index >= 15 is 0 Å². The summed E-state index contributed by atoms with van der Waals surface area (Å²) in [6, 6.07) is 8.20. The largest absolute Gasteiger partial charge is 0.376 e. The van der Waals surface area contributed by atoms with Gasteiger partial charge in [-0.25, -0.2) is 4.79 Å². The van der Waals surface area contributed by atoms with Crippen molar-refractivity contribution in [3.8, 4) is 0 Å². The summed E-state index contributed by atoms with van der Waals surface area (Å²) in [5.41, 5.74) is -1.22. The molecule has 1 aliphatic heterocycles. The molecule has 1 saturated heterocycles. The first kappa shape index (κ1) is 19.7. The van der Waals surface area contributed by atoms with E-state index in [1.807, 2.05) is 13.8 Å². The Labute approximate surface area is 164 Å². The summed E-state index contributed by atoms with van der Waals surface area (Å²) >= 11 is 3.17. The van der Waals surface area contributed by atoms with Gasteiger partial charge in [0.05, 0.1) is 10.6 Å². The summed E-state index contributed by atoms with van der Waals surface area (Å²) in [6.45, 7) is 3.99. The van der Waals surface area contributed by atoms with Gasteiger partial charge >= 0.3 is 5.69 Å². The van der Waals surface area contributed by atoms with Crippen LogP contribution in [-0.4, -0.2) is 34.4 Å². The third kappa shape index (κ3) is 3.44. The van der Waals surface area contributed by atoms with Gasteiger partial charge in [-0.3, -0.25) is 14.2 Å². The van der Waals surface area contributed by atoms with Crippen LogP contribution in [-0.2, 0) is 9.47 Å². The third-order valence-electron chi connectivity index (χ3n) is 4.94. The lowest BCUT2D eigenvalue weighted by atomic mass is 9.98. The fraction of sp³-hybridized carbons (Fsp3) is 0.421. The number of nitrogens with zero attached hydrogens (tertiary/aromatic N) is 2. The molecule has 1 aromatic carbocycles. The maximum atomic E-state index is 13.1. The van der Waals surface area contributed by atoms with Crippen molar-refractivity contribution in [3.05, 3.63) is 67.4 Å². The maximum Gasteiger partial charge on any atom is 0.340 e. The third-order valence-corrected chi connectivity index (χ3v) is 5.49. The van der Waals surface area contributed by atoms with Gasteiger partial charge in [-0.2, -0.15) is 4.57 Å². The zero-order valence-corrected chi connectivity index (χ0v) is 16.9. The van der Waals surface area contributed by atoms with Crippen LogP contribution in [0.15, 0.2) is 50.6 Å². The molecule has 1 fully saturated rings. The topological polar surface area (TPSA) is 79.5 Å². The van der Waals surface area contributed by atoms with Crippen LogP contribution in [0.3, 0.4) is 0 Å². The first-order chi connectivity index (χ1) is 12.9. The molecule has 2 aromatic rings. The van der Waals surface area contributed by atoms with Gasteiger partial charge in [-0.05, 0) is 34.5 Å². The van der Waals surface area contributed by atoms with Crippen LogP contribution in [0.2, 0.25) is 0 Å². The standard InChI is InChI=1S/C19H21BrN2O5/c1-4-14-11(2)15(26-3)18(27-14)21-10-13(20)17(24)22(19(21)25)16(23)12-8-6-5-7-9-12/h5-11,14-15,18H,4H2,1-3H3/t11-,14+,15?,18+/m0/s1. The van der Waals surface area contributed by atoms with E-state index in [4.69, 9.17) is 9.47 Å². The summed E-state index contributed by atoms with van der Waals surface area (Å²) < 4.78 is 13.6. The number of halogens is 1. The molecule has 0 radical (unpaired) electrons. The molecule has 2 heterocycles. The highest BCUT2D eigenvalue weighted by Crippen LogP contribution is 2.36. The van der Waals surface area contributed by atoms with Gasteiger partial charge in [0.25, 0.3) is 11.5 Å². The molecule has 1 aliphatic rings. The van der Waals surface area contributed by atoms with Crippen molar-refractivity contribution >= 4 is 21.8 Å². The summed E-state index contributed by atoms with van der Waals surface area (Å²) in [5, 5.41) is 0. The minimum absolute atomic E-state index is 0.0564. The lowest BCUT2D eigenvalue weighted by Crippen LogP contribution is -2.46. The molecule has 1 unspecified atom stereocenters. The number of benzene rings is 1. The average Bonchev–Trinajstić information content (AvgIpc) is 3.00. The maximum absolute atomic E-state index is 13.1. The molecule has 3 rings (SSSR count). The molecular formula is C19H21BrN2O5. The summed E-state index contributed by atoms with van der Waals surface area (Å²) in [7, 11) is 1.56. The normalized spacial score (nSPS) is 24.9. The molecule has 0 saturated carbocycles. The van der Waals surface area contributed by atoms with Gasteiger partial charge in [0.15, 0.2) is 6.23 Å². The van der Waals surface area contributed by atoms with E-state index in [2.05, 4.69) is 15.9 Å². The van der Waals surface area contributed by atoms with Crippen LogP contribution in [0, 0.1) is 5.92 Å². The Morgan fingerprint density at radius 2 is 1.93 bits per heavy atom. The molecule has 0 bridgehead atoms. The van der Waals surface area contributed by atoms with Gasteiger partial charge < -0.3 is 9.47 Å².